The zero-order valence-electron chi connectivity index (χ0n) is 14.7. The zero-order chi connectivity index (χ0) is 17.8. The van der Waals surface area contributed by atoms with Crippen molar-refractivity contribution in [2.75, 3.05) is 24.7 Å². The molecule has 1 fully saturated rings. The van der Waals surface area contributed by atoms with Crippen LogP contribution >= 0.6 is 0 Å². The smallest absolute Gasteiger partial charge is 0.220 e. The third-order valence-corrected chi connectivity index (χ3v) is 6.05. The minimum atomic E-state index is -2.92. The highest BCUT2D eigenvalue weighted by atomic mass is 32.2. The summed E-state index contributed by atoms with van der Waals surface area (Å²) in [4.78, 5) is 11.8. The number of hydrogen-bond acceptors (Lipinski definition) is 4. The van der Waals surface area contributed by atoms with Gasteiger partial charge in [0.2, 0.25) is 5.91 Å². The van der Waals surface area contributed by atoms with Crippen molar-refractivity contribution in [1.82, 2.24) is 5.32 Å². The molecule has 1 amide bonds. The SMILES string of the molecule is CC(C)(C)c1ccc(OCCNC(=O)CC2CCS(=O)(=O)C2)cc1. The molecule has 1 aromatic carbocycles. The predicted molar refractivity (Wildman–Crippen MR) is 95.0 cm³/mol. The van der Waals surface area contributed by atoms with Crippen molar-refractivity contribution in [2.24, 2.45) is 5.92 Å². The Morgan fingerprint density at radius 1 is 1.25 bits per heavy atom. The molecule has 2 rings (SSSR count). The lowest BCUT2D eigenvalue weighted by Gasteiger charge is -2.19. The Balaban J connectivity index is 1.66. The number of ether oxygens (including phenoxy) is 1. The number of hydrogen-bond donors (Lipinski definition) is 1. The minimum Gasteiger partial charge on any atom is -0.492 e. The standard InChI is InChI=1S/C18H27NO4S/c1-18(2,3)15-4-6-16(7-5-15)23-10-9-19-17(20)12-14-8-11-24(21,22)13-14/h4-7,14H,8-13H2,1-3H3,(H,19,20). The summed E-state index contributed by atoms with van der Waals surface area (Å²) in [5.74, 6) is 0.971. The second-order valence-corrected chi connectivity index (χ2v) is 9.67. The van der Waals surface area contributed by atoms with Crippen LogP contribution in [0.3, 0.4) is 0 Å². The molecule has 1 saturated heterocycles. The lowest BCUT2D eigenvalue weighted by molar-refractivity contribution is -0.121. The van der Waals surface area contributed by atoms with Gasteiger partial charge in [0.15, 0.2) is 9.84 Å². The molecule has 0 saturated carbocycles. The van der Waals surface area contributed by atoms with E-state index in [-0.39, 0.29) is 35.2 Å². The van der Waals surface area contributed by atoms with E-state index in [0.29, 0.717) is 19.6 Å². The number of rotatable bonds is 6. The molecule has 0 radical (unpaired) electrons. The lowest BCUT2D eigenvalue weighted by Crippen LogP contribution is -2.29. The molecule has 1 aliphatic heterocycles. The highest BCUT2D eigenvalue weighted by molar-refractivity contribution is 7.91. The monoisotopic (exact) mass is 353 g/mol. The fourth-order valence-electron chi connectivity index (χ4n) is 2.78. The summed E-state index contributed by atoms with van der Waals surface area (Å²) in [6.07, 6.45) is 0.867. The summed E-state index contributed by atoms with van der Waals surface area (Å²) in [7, 11) is -2.92. The molecule has 24 heavy (non-hydrogen) atoms. The quantitative estimate of drug-likeness (QED) is 0.797. The molecule has 1 aliphatic rings. The number of carbonyl (C=O) groups is 1. The second kappa shape index (κ2) is 7.55. The van der Waals surface area contributed by atoms with Crippen LogP contribution in [0.1, 0.15) is 39.2 Å². The molecule has 1 N–H and O–H groups in total. The van der Waals surface area contributed by atoms with Crippen molar-refractivity contribution in [3.05, 3.63) is 29.8 Å². The van der Waals surface area contributed by atoms with Crippen molar-refractivity contribution in [3.63, 3.8) is 0 Å². The van der Waals surface area contributed by atoms with Gasteiger partial charge in [-0.05, 0) is 35.4 Å². The molecule has 1 aromatic rings. The highest BCUT2D eigenvalue weighted by Crippen LogP contribution is 2.24. The average molecular weight is 353 g/mol. The van der Waals surface area contributed by atoms with E-state index in [1.165, 1.54) is 5.56 Å². The largest absolute Gasteiger partial charge is 0.492 e. The Morgan fingerprint density at radius 3 is 2.46 bits per heavy atom. The molecule has 0 spiro atoms. The van der Waals surface area contributed by atoms with Crippen LogP contribution in [0.2, 0.25) is 0 Å². The first kappa shape index (κ1) is 18.8. The van der Waals surface area contributed by atoms with Gasteiger partial charge in [-0.1, -0.05) is 32.9 Å². The number of sulfone groups is 1. The van der Waals surface area contributed by atoms with Crippen molar-refractivity contribution in [3.8, 4) is 5.75 Å². The van der Waals surface area contributed by atoms with Crippen LogP contribution in [0.5, 0.6) is 5.75 Å². The lowest BCUT2D eigenvalue weighted by atomic mass is 9.87. The number of benzene rings is 1. The van der Waals surface area contributed by atoms with Crippen LogP contribution in [0.4, 0.5) is 0 Å². The Kier molecular flexibility index (Phi) is 5.91. The number of amides is 1. The van der Waals surface area contributed by atoms with Crippen LogP contribution < -0.4 is 10.1 Å². The fourth-order valence-corrected chi connectivity index (χ4v) is 4.64. The van der Waals surface area contributed by atoms with E-state index in [1.54, 1.807) is 0 Å². The van der Waals surface area contributed by atoms with Crippen LogP contribution in [0, 0.1) is 5.92 Å². The first-order valence-corrected chi connectivity index (χ1v) is 10.2. The molecule has 5 nitrogen and oxygen atoms in total. The van der Waals surface area contributed by atoms with Crippen LogP contribution in [-0.2, 0) is 20.0 Å². The van der Waals surface area contributed by atoms with Gasteiger partial charge < -0.3 is 10.1 Å². The zero-order valence-corrected chi connectivity index (χ0v) is 15.5. The van der Waals surface area contributed by atoms with Gasteiger partial charge in [0.1, 0.15) is 12.4 Å². The van der Waals surface area contributed by atoms with Crippen molar-refractivity contribution in [1.29, 1.82) is 0 Å². The number of nitrogens with one attached hydrogen (secondary N) is 1. The van der Waals surface area contributed by atoms with Crippen LogP contribution in [0.15, 0.2) is 24.3 Å². The Hall–Kier alpha value is -1.56. The van der Waals surface area contributed by atoms with Gasteiger partial charge >= 0.3 is 0 Å². The van der Waals surface area contributed by atoms with E-state index < -0.39 is 9.84 Å². The van der Waals surface area contributed by atoms with E-state index in [0.717, 1.165) is 5.75 Å². The summed E-state index contributed by atoms with van der Waals surface area (Å²) in [5, 5.41) is 2.78. The average Bonchev–Trinajstić information content (AvgIpc) is 2.82. The summed E-state index contributed by atoms with van der Waals surface area (Å²) < 4.78 is 28.4. The molecule has 6 heteroatoms. The molecular weight excluding hydrogens is 326 g/mol. The highest BCUT2D eigenvalue weighted by Gasteiger charge is 2.29. The van der Waals surface area contributed by atoms with Gasteiger partial charge in [0, 0.05) is 6.42 Å². The van der Waals surface area contributed by atoms with E-state index in [4.69, 9.17) is 4.74 Å². The minimum absolute atomic E-state index is 0.0409. The normalized spacial score (nSPS) is 19.9. The molecule has 1 unspecified atom stereocenters. The van der Waals surface area contributed by atoms with E-state index in [1.807, 2.05) is 12.1 Å². The van der Waals surface area contributed by atoms with Gasteiger partial charge in [0.25, 0.3) is 0 Å². The first-order valence-electron chi connectivity index (χ1n) is 8.36. The van der Waals surface area contributed by atoms with Gasteiger partial charge in [-0.15, -0.1) is 0 Å². The third kappa shape index (κ3) is 5.82. The summed E-state index contributed by atoms with van der Waals surface area (Å²) in [6.45, 7) is 7.29. The van der Waals surface area contributed by atoms with Gasteiger partial charge in [-0.25, -0.2) is 8.42 Å². The first-order chi connectivity index (χ1) is 11.2. The molecular formula is C18H27NO4S. The number of carbonyl (C=O) groups excluding carboxylic acids is 1. The summed E-state index contributed by atoms with van der Waals surface area (Å²) in [5.41, 5.74) is 1.36. The predicted octanol–water partition coefficient (Wildman–Crippen LogP) is 2.30. The van der Waals surface area contributed by atoms with Crippen LogP contribution in [0.25, 0.3) is 0 Å². The summed E-state index contributed by atoms with van der Waals surface area (Å²) in [6, 6.07) is 7.97. The molecule has 134 valence electrons. The second-order valence-electron chi connectivity index (χ2n) is 7.45. The topological polar surface area (TPSA) is 72.5 Å². The molecule has 0 aliphatic carbocycles. The van der Waals surface area contributed by atoms with Crippen molar-refractivity contribution in [2.45, 2.75) is 39.0 Å². The molecule has 0 bridgehead atoms. The summed E-state index contributed by atoms with van der Waals surface area (Å²) >= 11 is 0. The maximum absolute atomic E-state index is 11.8. The molecule has 1 heterocycles. The van der Waals surface area contributed by atoms with Crippen molar-refractivity contribution >= 4 is 15.7 Å². The van der Waals surface area contributed by atoms with E-state index in [2.05, 4.69) is 38.2 Å². The molecule has 1 atom stereocenters. The molecule has 0 aromatic heterocycles. The van der Waals surface area contributed by atoms with Gasteiger partial charge in [-0.3, -0.25) is 4.79 Å². The van der Waals surface area contributed by atoms with E-state index in [9.17, 15) is 13.2 Å². The maximum atomic E-state index is 11.8. The van der Waals surface area contributed by atoms with Crippen LogP contribution in [-0.4, -0.2) is 39.0 Å². The Labute approximate surface area is 144 Å². The van der Waals surface area contributed by atoms with Gasteiger partial charge in [-0.2, -0.15) is 0 Å². The van der Waals surface area contributed by atoms with Gasteiger partial charge in [0.05, 0.1) is 18.1 Å². The Bertz CT molecular complexity index is 659. The fraction of sp³-hybridized carbons (Fsp3) is 0.611. The van der Waals surface area contributed by atoms with Crippen molar-refractivity contribution < 1.29 is 17.9 Å². The maximum Gasteiger partial charge on any atom is 0.220 e. The van der Waals surface area contributed by atoms with E-state index >= 15 is 0 Å². The third-order valence-electron chi connectivity index (χ3n) is 4.21. The Morgan fingerprint density at radius 2 is 1.92 bits per heavy atom.